The summed E-state index contributed by atoms with van der Waals surface area (Å²) in [5.74, 6) is -3.05. The molecule has 1 amide bonds. The third-order valence-electron chi connectivity index (χ3n) is 5.61. The molecule has 0 bridgehead atoms. The monoisotopic (exact) mass is 502 g/mol. The van der Waals surface area contributed by atoms with Crippen molar-refractivity contribution >= 4 is 11.9 Å². The molecule has 2 aromatic carbocycles. The van der Waals surface area contributed by atoms with Crippen LogP contribution in [0.25, 0.3) is 11.1 Å². The normalized spacial score (nSPS) is 15.3. The number of halogens is 3. The molecule has 0 spiro atoms. The van der Waals surface area contributed by atoms with E-state index in [0.29, 0.717) is 38.0 Å². The van der Waals surface area contributed by atoms with Gasteiger partial charge in [0.2, 0.25) is 5.91 Å². The fraction of sp³-hybridized carbons (Fsp3) is 0.360. The minimum Gasteiger partial charge on any atom is -0.475 e. The third kappa shape index (κ3) is 7.80. The molecule has 1 heterocycles. The molecule has 36 heavy (non-hydrogen) atoms. The van der Waals surface area contributed by atoms with Gasteiger partial charge in [-0.25, -0.2) is 4.79 Å². The highest BCUT2D eigenvalue weighted by molar-refractivity contribution is 5.86. The van der Waals surface area contributed by atoms with E-state index < -0.39 is 23.7 Å². The Kier molecular flexibility index (Phi) is 9.56. The maximum absolute atomic E-state index is 12.5. The molecule has 11 heteroatoms. The van der Waals surface area contributed by atoms with Crippen LogP contribution in [0.4, 0.5) is 13.2 Å². The number of nitriles is 2. The van der Waals surface area contributed by atoms with Crippen molar-refractivity contribution in [2.75, 3.05) is 13.2 Å². The summed E-state index contributed by atoms with van der Waals surface area (Å²) in [6.45, 7) is 2.83. The van der Waals surface area contributed by atoms with Gasteiger partial charge in [-0.3, -0.25) is 4.79 Å². The highest BCUT2D eigenvalue weighted by Gasteiger charge is 2.38. The smallest absolute Gasteiger partial charge is 0.475 e. The molecular weight excluding hydrogens is 477 g/mol. The van der Waals surface area contributed by atoms with E-state index in [9.17, 15) is 23.2 Å². The minimum atomic E-state index is -5.08. The highest BCUT2D eigenvalue weighted by Crippen LogP contribution is 2.23. The number of carbonyl (C=O) groups excluding carboxylic acids is 1. The number of alkyl halides is 3. The van der Waals surface area contributed by atoms with Crippen molar-refractivity contribution in [1.29, 1.82) is 10.5 Å². The van der Waals surface area contributed by atoms with Crippen molar-refractivity contribution in [3.8, 4) is 23.3 Å². The Labute approximate surface area is 206 Å². The van der Waals surface area contributed by atoms with Crippen LogP contribution in [0.2, 0.25) is 0 Å². The van der Waals surface area contributed by atoms with Crippen molar-refractivity contribution in [3.05, 3.63) is 59.2 Å². The molecule has 3 rings (SSSR count). The first kappa shape index (κ1) is 28.3. The number of nitrogens with zero attached hydrogens (tertiary/aromatic N) is 2. The van der Waals surface area contributed by atoms with Gasteiger partial charge in [-0.05, 0) is 48.1 Å². The van der Waals surface area contributed by atoms with Gasteiger partial charge >= 0.3 is 12.1 Å². The first-order chi connectivity index (χ1) is 16.9. The number of carboxylic acids is 1. The summed E-state index contributed by atoms with van der Waals surface area (Å²) >= 11 is 0. The molecule has 8 nitrogen and oxygen atoms in total. The molecule has 0 saturated carbocycles. The van der Waals surface area contributed by atoms with E-state index in [0.717, 1.165) is 22.3 Å². The second-order valence-corrected chi connectivity index (χ2v) is 8.27. The van der Waals surface area contributed by atoms with Gasteiger partial charge in [0.1, 0.15) is 6.04 Å². The predicted octanol–water partition coefficient (Wildman–Crippen LogP) is 3.23. The minimum absolute atomic E-state index is 0.294. The number of hydrogen-bond donors (Lipinski definition) is 3. The lowest BCUT2D eigenvalue weighted by Crippen LogP contribution is -2.58. The maximum atomic E-state index is 12.5. The van der Waals surface area contributed by atoms with E-state index in [1.54, 1.807) is 0 Å². The number of ether oxygens (including phenoxy) is 1. The van der Waals surface area contributed by atoms with E-state index in [4.69, 9.17) is 25.6 Å². The van der Waals surface area contributed by atoms with Crippen molar-refractivity contribution in [1.82, 2.24) is 5.32 Å². The molecule has 1 atom stereocenters. The fourth-order valence-corrected chi connectivity index (χ4v) is 3.43. The lowest BCUT2D eigenvalue weighted by Gasteiger charge is -2.32. The van der Waals surface area contributed by atoms with Crippen LogP contribution in [0.3, 0.4) is 0 Å². The molecule has 1 fully saturated rings. The Morgan fingerprint density at radius 2 is 1.69 bits per heavy atom. The van der Waals surface area contributed by atoms with Crippen molar-refractivity contribution in [3.63, 3.8) is 0 Å². The molecule has 0 aromatic heterocycles. The van der Waals surface area contributed by atoms with Gasteiger partial charge in [-0.15, -0.1) is 0 Å². The zero-order valence-corrected chi connectivity index (χ0v) is 19.4. The average Bonchev–Trinajstić information content (AvgIpc) is 2.84. The lowest BCUT2D eigenvalue weighted by atomic mass is 9.90. The van der Waals surface area contributed by atoms with Crippen LogP contribution in [0.15, 0.2) is 42.5 Å². The number of carbonyl (C=O) groups is 2. The second-order valence-electron chi connectivity index (χ2n) is 8.27. The van der Waals surface area contributed by atoms with Crippen LogP contribution < -0.4 is 11.1 Å². The number of benzene rings is 2. The molecule has 1 saturated heterocycles. The molecule has 1 aliphatic heterocycles. The van der Waals surface area contributed by atoms with Gasteiger partial charge in [-0.2, -0.15) is 23.7 Å². The Morgan fingerprint density at radius 3 is 2.17 bits per heavy atom. The van der Waals surface area contributed by atoms with Gasteiger partial charge in [0.25, 0.3) is 0 Å². The first-order valence-electron chi connectivity index (χ1n) is 10.9. The van der Waals surface area contributed by atoms with Gasteiger partial charge < -0.3 is 20.9 Å². The molecule has 0 radical (unpaired) electrons. The zero-order chi connectivity index (χ0) is 26.9. The van der Waals surface area contributed by atoms with Crippen LogP contribution in [-0.4, -0.2) is 48.0 Å². The van der Waals surface area contributed by atoms with E-state index in [2.05, 4.69) is 17.5 Å². The number of carboxylic acid groups (broad SMARTS) is 1. The molecule has 4 N–H and O–H groups in total. The van der Waals surface area contributed by atoms with Gasteiger partial charge in [0.05, 0.1) is 23.2 Å². The van der Waals surface area contributed by atoms with Crippen molar-refractivity contribution in [2.45, 2.75) is 43.9 Å². The van der Waals surface area contributed by atoms with Gasteiger partial charge in [0.15, 0.2) is 0 Å². The molecule has 190 valence electrons. The standard InChI is InChI=1S/C23H24N4O2.C2HF3O2/c1-16-12-19(6-7-20(16)14-24)18-4-2-17(3-5-18)13-21(15-25)27-22(28)23(26)8-10-29-11-9-23;3-2(4,5)1(6)7/h2-7,12,21H,8-11,13,26H2,1H3,(H,27,28);(H,6,7)/t21-;/m0./s1. The van der Waals surface area contributed by atoms with Crippen LogP contribution in [0.5, 0.6) is 0 Å². The SMILES string of the molecule is Cc1cc(-c2ccc(C[C@@H](C#N)NC(=O)C3(N)CCOCC3)cc2)ccc1C#N.O=C(O)C(F)(F)F. The number of hydrogen-bond acceptors (Lipinski definition) is 6. The lowest BCUT2D eigenvalue weighted by molar-refractivity contribution is -0.192. The predicted molar refractivity (Wildman–Crippen MR) is 123 cm³/mol. The first-order valence-corrected chi connectivity index (χ1v) is 10.9. The largest absolute Gasteiger partial charge is 0.490 e. The Bertz CT molecular complexity index is 1160. The highest BCUT2D eigenvalue weighted by atomic mass is 19.4. The fourth-order valence-electron chi connectivity index (χ4n) is 3.43. The number of nitrogens with one attached hydrogen (secondary N) is 1. The quantitative estimate of drug-likeness (QED) is 0.568. The number of amides is 1. The summed E-state index contributed by atoms with van der Waals surface area (Å²) in [4.78, 5) is 21.4. The molecule has 1 aliphatic rings. The summed E-state index contributed by atoms with van der Waals surface area (Å²) in [6, 6.07) is 17.3. The second kappa shape index (κ2) is 12.2. The molecule has 2 aromatic rings. The van der Waals surface area contributed by atoms with Gasteiger partial charge in [-0.1, -0.05) is 36.4 Å². The summed E-state index contributed by atoms with van der Waals surface area (Å²) in [7, 11) is 0. The third-order valence-corrected chi connectivity index (χ3v) is 5.61. The molecule has 0 aliphatic carbocycles. The van der Waals surface area contributed by atoms with Crippen LogP contribution in [0, 0.1) is 29.6 Å². The van der Waals surface area contributed by atoms with E-state index in [-0.39, 0.29) is 5.91 Å². The average molecular weight is 502 g/mol. The Hall–Kier alpha value is -3.93. The summed E-state index contributed by atoms with van der Waals surface area (Å²) in [5, 5.41) is 28.4. The van der Waals surface area contributed by atoms with Crippen molar-refractivity contribution in [2.24, 2.45) is 5.73 Å². The van der Waals surface area contributed by atoms with E-state index in [1.807, 2.05) is 49.4 Å². The molecule has 0 unspecified atom stereocenters. The number of aryl methyl sites for hydroxylation is 1. The maximum Gasteiger partial charge on any atom is 0.490 e. The zero-order valence-electron chi connectivity index (χ0n) is 19.4. The van der Waals surface area contributed by atoms with Crippen molar-refractivity contribution < 1.29 is 32.6 Å². The summed E-state index contributed by atoms with van der Waals surface area (Å²) in [5.41, 5.74) is 9.84. The number of aliphatic carboxylic acids is 1. The number of rotatable bonds is 5. The Balaban J connectivity index is 0.000000572. The van der Waals surface area contributed by atoms with Gasteiger partial charge in [0, 0.05) is 19.6 Å². The number of nitrogens with two attached hydrogens (primary N) is 1. The summed E-state index contributed by atoms with van der Waals surface area (Å²) in [6.07, 6.45) is -3.77. The van der Waals surface area contributed by atoms with E-state index >= 15 is 0 Å². The van der Waals surface area contributed by atoms with E-state index in [1.165, 1.54) is 0 Å². The topological polar surface area (TPSA) is 149 Å². The van der Waals surface area contributed by atoms with Crippen LogP contribution in [-0.2, 0) is 20.7 Å². The Morgan fingerprint density at radius 1 is 1.14 bits per heavy atom. The summed E-state index contributed by atoms with van der Waals surface area (Å²) < 4.78 is 37.0. The molecular formula is C25H25F3N4O4. The van der Waals surface area contributed by atoms with Crippen LogP contribution >= 0.6 is 0 Å². The van der Waals surface area contributed by atoms with Crippen LogP contribution in [0.1, 0.15) is 29.5 Å².